The molecule has 0 saturated heterocycles. The Kier molecular flexibility index (Phi) is 4.23. The van der Waals surface area contributed by atoms with Crippen molar-refractivity contribution < 1.29 is 4.74 Å². The number of benzene rings is 3. The summed E-state index contributed by atoms with van der Waals surface area (Å²) in [6.45, 7) is 2.10. The van der Waals surface area contributed by atoms with Crippen LogP contribution in [0, 0.1) is 0 Å². The molecule has 0 bridgehead atoms. The highest BCUT2D eigenvalue weighted by molar-refractivity contribution is 5.85. The SMILES string of the molecule is O=c1[nH]c2ccc(OCCNCc3cccc4ccccc34)cc2[nH]1. The minimum absolute atomic E-state index is 0.205. The van der Waals surface area contributed by atoms with Gasteiger partial charge >= 0.3 is 5.69 Å². The van der Waals surface area contributed by atoms with Crippen molar-refractivity contribution in [3.63, 3.8) is 0 Å². The largest absolute Gasteiger partial charge is 0.492 e. The van der Waals surface area contributed by atoms with E-state index in [1.807, 2.05) is 18.2 Å². The van der Waals surface area contributed by atoms with E-state index in [0.717, 1.165) is 29.9 Å². The fraction of sp³-hybridized carbons (Fsp3) is 0.150. The Bertz CT molecular complexity index is 1060. The lowest BCUT2D eigenvalue weighted by atomic mass is 10.0. The monoisotopic (exact) mass is 333 g/mol. The average molecular weight is 333 g/mol. The Hall–Kier alpha value is -3.05. The molecule has 5 nitrogen and oxygen atoms in total. The molecule has 4 aromatic rings. The molecule has 0 radical (unpaired) electrons. The van der Waals surface area contributed by atoms with Crippen LogP contribution in [0.2, 0.25) is 0 Å². The normalized spacial score (nSPS) is 11.2. The van der Waals surface area contributed by atoms with Gasteiger partial charge in [0.2, 0.25) is 0 Å². The molecule has 4 rings (SSSR count). The molecule has 0 aliphatic rings. The van der Waals surface area contributed by atoms with Gasteiger partial charge < -0.3 is 20.0 Å². The van der Waals surface area contributed by atoms with E-state index in [9.17, 15) is 4.79 Å². The zero-order chi connectivity index (χ0) is 17.1. The number of rotatable bonds is 6. The van der Waals surface area contributed by atoms with Gasteiger partial charge in [-0.05, 0) is 28.5 Å². The maximum absolute atomic E-state index is 11.3. The molecule has 0 atom stereocenters. The first-order chi connectivity index (χ1) is 12.3. The number of hydrogen-bond donors (Lipinski definition) is 3. The first-order valence-electron chi connectivity index (χ1n) is 8.32. The predicted molar refractivity (Wildman–Crippen MR) is 100 cm³/mol. The van der Waals surface area contributed by atoms with Crippen LogP contribution in [0.3, 0.4) is 0 Å². The highest BCUT2D eigenvalue weighted by atomic mass is 16.5. The van der Waals surface area contributed by atoms with Gasteiger partial charge in [-0.1, -0.05) is 42.5 Å². The topological polar surface area (TPSA) is 69.9 Å². The fourth-order valence-corrected chi connectivity index (χ4v) is 3.01. The van der Waals surface area contributed by atoms with E-state index in [0.29, 0.717) is 6.61 Å². The molecule has 1 heterocycles. The highest BCUT2D eigenvalue weighted by Crippen LogP contribution is 2.18. The summed E-state index contributed by atoms with van der Waals surface area (Å²) in [4.78, 5) is 16.7. The first-order valence-corrected chi connectivity index (χ1v) is 8.32. The molecule has 0 aliphatic carbocycles. The van der Waals surface area contributed by atoms with Crippen LogP contribution >= 0.6 is 0 Å². The second kappa shape index (κ2) is 6.83. The smallest absolute Gasteiger partial charge is 0.323 e. The summed E-state index contributed by atoms with van der Waals surface area (Å²) in [6.07, 6.45) is 0. The fourth-order valence-electron chi connectivity index (χ4n) is 3.01. The molecular weight excluding hydrogens is 314 g/mol. The van der Waals surface area contributed by atoms with Crippen molar-refractivity contribution in [2.45, 2.75) is 6.54 Å². The second-order valence-corrected chi connectivity index (χ2v) is 5.95. The van der Waals surface area contributed by atoms with Crippen molar-refractivity contribution in [2.24, 2.45) is 0 Å². The van der Waals surface area contributed by atoms with E-state index in [-0.39, 0.29) is 5.69 Å². The molecule has 0 spiro atoms. The van der Waals surface area contributed by atoms with Gasteiger partial charge in [0.05, 0.1) is 11.0 Å². The molecule has 25 heavy (non-hydrogen) atoms. The Morgan fingerprint density at radius 2 is 1.76 bits per heavy atom. The van der Waals surface area contributed by atoms with Crippen LogP contribution in [0.1, 0.15) is 5.56 Å². The van der Waals surface area contributed by atoms with Crippen LogP contribution in [-0.2, 0) is 6.54 Å². The number of aromatic nitrogens is 2. The minimum Gasteiger partial charge on any atom is -0.492 e. The van der Waals surface area contributed by atoms with Gasteiger partial charge in [-0.3, -0.25) is 0 Å². The van der Waals surface area contributed by atoms with Crippen LogP contribution in [0.4, 0.5) is 0 Å². The molecule has 0 fully saturated rings. The molecular formula is C20H19N3O2. The van der Waals surface area contributed by atoms with Gasteiger partial charge in [0.25, 0.3) is 0 Å². The van der Waals surface area contributed by atoms with Crippen molar-refractivity contribution in [1.82, 2.24) is 15.3 Å². The Morgan fingerprint density at radius 3 is 2.72 bits per heavy atom. The standard InChI is InChI=1S/C20H19N3O2/c24-20-22-18-9-8-16(12-19(18)23-20)25-11-10-21-13-15-6-3-5-14-4-1-2-7-17(14)15/h1-9,12,21H,10-11,13H2,(H2,22,23,24). The van der Waals surface area contributed by atoms with Crippen LogP contribution in [0.25, 0.3) is 21.8 Å². The molecule has 1 aromatic heterocycles. The van der Waals surface area contributed by atoms with Gasteiger partial charge in [0.15, 0.2) is 0 Å². The van der Waals surface area contributed by atoms with Crippen LogP contribution in [-0.4, -0.2) is 23.1 Å². The van der Waals surface area contributed by atoms with Gasteiger partial charge in [-0.15, -0.1) is 0 Å². The Morgan fingerprint density at radius 1 is 0.920 bits per heavy atom. The number of fused-ring (bicyclic) bond motifs is 2. The van der Waals surface area contributed by atoms with Gasteiger partial charge in [-0.2, -0.15) is 0 Å². The number of ether oxygens (including phenoxy) is 1. The van der Waals surface area contributed by atoms with Crippen molar-refractivity contribution in [3.05, 3.63) is 76.7 Å². The second-order valence-electron chi connectivity index (χ2n) is 5.95. The lowest BCUT2D eigenvalue weighted by Crippen LogP contribution is -2.20. The summed E-state index contributed by atoms with van der Waals surface area (Å²) in [5.41, 5.74) is 2.62. The van der Waals surface area contributed by atoms with E-state index >= 15 is 0 Å². The third-order valence-corrected chi connectivity index (χ3v) is 4.23. The van der Waals surface area contributed by atoms with E-state index in [1.165, 1.54) is 16.3 Å². The summed E-state index contributed by atoms with van der Waals surface area (Å²) in [5, 5.41) is 5.95. The maximum atomic E-state index is 11.3. The van der Waals surface area contributed by atoms with Crippen molar-refractivity contribution >= 4 is 21.8 Å². The molecule has 3 N–H and O–H groups in total. The van der Waals surface area contributed by atoms with Crippen LogP contribution in [0.5, 0.6) is 5.75 Å². The Balaban J connectivity index is 1.32. The summed E-state index contributed by atoms with van der Waals surface area (Å²) in [7, 11) is 0. The third-order valence-electron chi connectivity index (χ3n) is 4.23. The van der Waals surface area contributed by atoms with Crippen LogP contribution < -0.4 is 15.7 Å². The molecule has 3 aromatic carbocycles. The zero-order valence-electron chi connectivity index (χ0n) is 13.7. The molecule has 5 heteroatoms. The van der Waals surface area contributed by atoms with Crippen LogP contribution in [0.15, 0.2) is 65.5 Å². The first kappa shape index (κ1) is 15.5. The van der Waals surface area contributed by atoms with Gasteiger partial charge in [0, 0.05) is 19.2 Å². The van der Waals surface area contributed by atoms with Gasteiger partial charge in [0.1, 0.15) is 12.4 Å². The van der Waals surface area contributed by atoms with Crippen molar-refractivity contribution in [1.29, 1.82) is 0 Å². The van der Waals surface area contributed by atoms with Crippen molar-refractivity contribution in [2.75, 3.05) is 13.2 Å². The molecule has 0 unspecified atom stereocenters. The predicted octanol–water partition coefficient (Wildman–Crippen LogP) is 3.18. The van der Waals surface area contributed by atoms with E-state index < -0.39 is 0 Å². The minimum atomic E-state index is -0.205. The molecule has 0 aliphatic heterocycles. The number of H-pyrrole nitrogens is 2. The lowest BCUT2D eigenvalue weighted by molar-refractivity contribution is 0.314. The lowest BCUT2D eigenvalue weighted by Gasteiger charge is -2.09. The summed E-state index contributed by atoms with van der Waals surface area (Å²) < 4.78 is 5.75. The zero-order valence-corrected chi connectivity index (χ0v) is 13.7. The number of imidazole rings is 1. The van der Waals surface area contributed by atoms with E-state index in [1.54, 1.807) is 0 Å². The summed E-state index contributed by atoms with van der Waals surface area (Å²) in [6, 6.07) is 20.3. The van der Waals surface area contributed by atoms with E-state index in [4.69, 9.17) is 4.74 Å². The number of hydrogen-bond acceptors (Lipinski definition) is 3. The quantitative estimate of drug-likeness (QED) is 0.475. The molecule has 0 amide bonds. The highest BCUT2D eigenvalue weighted by Gasteiger charge is 2.02. The molecule has 126 valence electrons. The average Bonchev–Trinajstić information content (AvgIpc) is 3.01. The van der Waals surface area contributed by atoms with Crippen molar-refractivity contribution in [3.8, 4) is 5.75 Å². The number of nitrogens with one attached hydrogen (secondary N) is 3. The summed E-state index contributed by atoms with van der Waals surface area (Å²) >= 11 is 0. The summed E-state index contributed by atoms with van der Waals surface area (Å²) in [5.74, 6) is 0.745. The van der Waals surface area contributed by atoms with Gasteiger partial charge in [-0.25, -0.2) is 4.79 Å². The molecule has 0 saturated carbocycles. The van der Waals surface area contributed by atoms with E-state index in [2.05, 4.69) is 57.7 Å². The Labute approximate surface area is 144 Å². The third kappa shape index (κ3) is 3.41. The number of aromatic amines is 2. The maximum Gasteiger partial charge on any atom is 0.323 e.